The molecule has 0 radical (unpaired) electrons. The van der Waals surface area contributed by atoms with Gasteiger partial charge in [0.05, 0.1) is 19.9 Å². The van der Waals surface area contributed by atoms with Crippen molar-refractivity contribution in [2.24, 2.45) is 5.92 Å². The molecule has 4 rings (SSSR count). The van der Waals surface area contributed by atoms with Gasteiger partial charge in [0.15, 0.2) is 0 Å². The minimum absolute atomic E-state index is 0.502. The van der Waals surface area contributed by atoms with Crippen molar-refractivity contribution in [3.63, 3.8) is 0 Å². The first-order chi connectivity index (χ1) is 12.8. The number of rotatable bonds is 9. The molecule has 1 N–H and O–H groups in total. The first-order valence-electron chi connectivity index (χ1n) is 9.40. The summed E-state index contributed by atoms with van der Waals surface area (Å²) in [6.07, 6.45) is 7.26. The van der Waals surface area contributed by atoms with Gasteiger partial charge in [-0.3, -0.25) is 4.98 Å². The number of aromatic nitrogens is 1. The van der Waals surface area contributed by atoms with Gasteiger partial charge in [-0.05, 0) is 73.5 Å². The zero-order chi connectivity index (χ0) is 17.8. The normalized spacial score (nSPS) is 23.8. The molecule has 0 amide bonds. The molecule has 3 atom stereocenters. The van der Waals surface area contributed by atoms with Crippen LogP contribution < -0.4 is 19.5 Å². The number of nitrogens with one attached hydrogen (secondary N) is 1. The summed E-state index contributed by atoms with van der Waals surface area (Å²) in [5.74, 6) is 3.90. The fourth-order valence-electron chi connectivity index (χ4n) is 3.38. The number of pyridine rings is 1. The molecule has 5 nitrogen and oxygen atoms in total. The monoisotopic (exact) mass is 354 g/mol. The van der Waals surface area contributed by atoms with Crippen LogP contribution in [0.15, 0.2) is 42.7 Å². The van der Waals surface area contributed by atoms with Gasteiger partial charge in [-0.25, -0.2) is 0 Å². The predicted molar refractivity (Wildman–Crippen MR) is 100 cm³/mol. The molecule has 3 unspecified atom stereocenters. The van der Waals surface area contributed by atoms with E-state index in [1.54, 1.807) is 7.11 Å². The Hall–Kier alpha value is -2.27. The molecule has 1 saturated heterocycles. The molecule has 1 aliphatic heterocycles. The molecule has 0 bridgehead atoms. The van der Waals surface area contributed by atoms with Crippen LogP contribution in [0.25, 0.3) is 0 Å². The average Bonchev–Trinajstić information content (AvgIpc) is 3.41. The lowest BCUT2D eigenvalue weighted by Crippen LogP contribution is -2.46. The number of methoxy groups -OCH3 is 1. The van der Waals surface area contributed by atoms with Crippen molar-refractivity contribution < 1.29 is 14.2 Å². The number of ether oxygens (including phenoxy) is 3. The van der Waals surface area contributed by atoms with Crippen LogP contribution >= 0.6 is 0 Å². The second-order valence-electron chi connectivity index (χ2n) is 7.12. The van der Waals surface area contributed by atoms with E-state index in [0.29, 0.717) is 17.9 Å². The summed E-state index contributed by atoms with van der Waals surface area (Å²) >= 11 is 0. The minimum atomic E-state index is 0.502. The third-order valence-corrected chi connectivity index (χ3v) is 5.28. The number of nitrogens with zero attached hydrogens (tertiary/aromatic N) is 1. The van der Waals surface area contributed by atoms with Crippen molar-refractivity contribution in [2.45, 2.75) is 31.2 Å². The summed E-state index contributed by atoms with van der Waals surface area (Å²) in [4.78, 5) is 4.36. The molecule has 1 aromatic heterocycles. The smallest absolute Gasteiger partial charge is 0.137 e. The molecule has 0 spiro atoms. The zero-order valence-corrected chi connectivity index (χ0v) is 15.2. The maximum atomic E-state index is 5.86. The van der Waals surface area contributed by atoms with Crippen LogP contribution in [0.5, 0.6) is 17.2 Å². The van der Waals surface area contributed by atoms with Crippen LogP contribution in [-0.2, 0) is 0 Å². The summed E-state index contributed by atoms with van der Waals surface area (Å²) in [6.45, 7) is 2.58. The van der Waals surface area contributed by atoms with Crippen molar-refractivity contribution >= 4 is 0 Å². The molecule has 1 aromatic carbocycles. The maximum Gasteiger partial charge on any atom is 0.137 e. The first-order valence-corrected chi connectivity index (χ1v) is 9.40. The highest BCUT2D eigenvalue weighted by Gasteiger charge is 2.38. The molecule has 2 fully saturated rings. The predicted octanol–water partition coefficient (Wildman–Crippen LogP) is 3.40. The van der Waals surface area contributed by atoms with Crippen molar-refractivity contribution in [1.82, 2.24) is 10.3 Å². The maximum absolute atomic E-state index is 5.86. The Labute approximate surface area is 154 Å². The Morgan fingerprint density at radius 2 is 1.88 bits per heavy atom. The van der Waals surface area contributed by atoms with Gasteiger partial charge in [0, 0.05) is 12.2 Å². The van der Waals surface area contributed by atoms with E-state index in [9.17, 15) is 0 Å². The highest BCUT2D eigenvalue weighted by molar-refractivity contribution is 5.32. The molecular formula is C21H26N2O3. The summed E-state index contributed by atoms with van der Waals surface area (Å²) in [5.41, 5.74) is 1.29. The third-order valence-electron chi connectivity index (χ3n) is 5.28. The third kappa shape index (κ3) is 4.28. The second-order valence-corrected chi connectivity index (χ2v) is 7.12. The largest absolute Gasteiger partial charge is 0.497 e. The highest BCUT2D eigenvalue weighted by atomic mass is 16.5. The quantitative estimate of drug-likeness (QED) is 0.748. The molecule has 1 aliphatic carbocycles. The van der Waals surface area contributed by atoms with E-state index in [1.807, 2.05) is 36.7 Å². The Balaban J connectivity index is 1.21. The van der Waals surface area contributed by atoms with E-state index in [2.05, 4.69) is 16.4 Å². The van der Waals surface area contributed by atoms with Crippen LogP contribution in [0, 0.1) is 5.92 Å². The number of hydrogen-bond acceptors (Lipinski definition) is 5. The van der Waals surface area contributed by atoms with Gasteiger partial charge in [0.1, 0.15) is 23.9 Å². The zero-order valence-electron chi connectivity index (χ0n) is 15.2. The molecular weight excluding hydrogens is 328 g/mol. The molecule has 2 aliphatic rings. The SMILES string of the molecule is COc1ccc(OCCC2CC2c2cncc(OCC3CCN3)c2)cc1. The molecule has 2 aromatic rings. The fraction of sp³-hybridized carbons (Fsp3) is 0.476. The molecule has 1 saturated carbocycles. The lowest BCUT2D eigenvalue weighted by Gasteiger charge is -2.27. The Morgan fingerprint density at radius 1 is 1.08 bits per heavy atom. The standard InChI is InChI=1S/C21H26N2O3/c1-24-18-2-4-19(5-3-18)25-9-7-15-11-21(15)16-10-20(13-22-12-16)26-14-17-6-8-23-17/h2-5,10,12-13,15,17,21,23H,6-9,11,14H2,1H3. The summed E-state index contributed by atoms with van der Waals surface area (Å²) in [6, 6.07) is 10.4. The number of hydrogen-bond donors (Lipinski definition) is 1. The van der Waals surface area contributed by atoms with Crippen LogP contribution in [0.4, 0.5) is 0 Å². The van der Waals surface area contributed by atoms with Crippen LogP contribution in [0.3, 0.4) is 0 Å². The highest BCUT2D eigenvalue weighted by Crippen LogP contribution is 2.49. The Kier molecular flexibility index (Phi) is 5.25. The molecule has 2 heterocycles. The molecule has 5 heteroatoms. The van der Waals surface area contributed by atoms with Crippen LogP contribution in [0.1, 0.15) is 30.7 Å². The van der Waals surface area contributed by atoms with Gasteiger partial charge in [0.2, 0.25) is 0 Å². The van der Waals surface area contributed by atoms with Crippen LogP contribution in [0.2, 0.25) is 0 Å². The van der Waals surface area contributed by atoms with E-state index in [1.165, 1.54) is 18.4 Å². The van der Waals surface area contributed by atoms with Gasteiger partial charge in [0.25, 0.3) is 0 Å². The van der Waals surface area contributed by atoms with Gasteiger partial charge in [-0.15, -0.1) is 0 Å². The first kappa shape index (κ1) is 17.2. The van der Waals surface area contributed by atoms with Gasteiger partial charge in [-0.1, -0.05) is 0 Å². The summed E-state index contributed by atoms with van der Waals surface area (Å²) < 4.78 is 16.9. The lowest BCUT2D eigenvalue weighted by molar-refractivity contribution is 0.216. The van der Waals surface area contributed by atoms with Crippen molar-refractivity contribution in [1.29, 1.82) is 0 Å². The van der Waals surface area contributed by atoms with E-state index in [-0.39, 0.29) is 0 Å². The Bertz CT molecular complexity index is 715. The average molecular weight is 354 g/mol. The van der Waals surface area contributed by atoms with Gasteiger partial charge in [-0.2, -0.15) is 0 Å². The van der Waals surface area contributed by atoms with E-state index in [4.69, 9.17) is 14.2 Å². The van der Waals surface area contributed by atoms with Crippen molar-refractivity contribution in [2.75, 3.05) is 26.9 Å². The van der Waals surface area contributed by atoms with E-state index in [0.717, 1.165) is 43.4 Å². The Morgan fingerprint density at radius 3 is 2.62 bits per heavy atom. The topological polar surface area (TPSA) is 52.6 Å². The van der Waals surface area contributed by atoms with Crippen molar-refractivity contribution in [3.8, 4) is 17.2 Å². The van der Waals surface area contributed by atoms with Gasteiger partial charge < -0.3 is 19.5 Å². The lowest BCUT2D eigenvalue weighted by atomic mass is 10.1. The fourth-order valence-corrected chi connectivity index (χ4v) is 3.38. The minimum Gasteiger partial charge on any atom is -0.497 e. The summed E-state index contributed by atoms with van der Waals surface area (Å²) in [5, 5.41) is 3.35. The van der Waals surface area contributed by atoms with Crippen molar-refractivity contribution in [3.05, 3.63) is 48.3 Å². The van der Waals surface area contributed by atoms with Gasteiger partial charge >= 0.3 is 0 Å². The van der Waals surface area contributed by atoms with E-state index >= 15 is 0 Å². The van der Waals surface area contributed by atoms with E-state index < -0.39 is 0 Å². The molecule has 26 heavy (non-hydrogen) atoms. The molecule has 138 valence electrons. The number of benzene rings is 1. The van der Waals surface area contributed by atoms with Crippen LogP contribution in [-0.4, -0.2) is 37.9 Å². The second kappa shape index (κ2) is 7.96. The summed E-state index contributed by atoms with van der Waals surface area (Å²) in [7, 11) is 1.67.